The predicted octanol–water partition coefficient (Wildman–Crippen LogP) is 3.72. The minimum Gasteiger partial charge on any atom is -0.445 e. The zero-order valence-corrected chi connectivity index (χ0v) is 12.7. The van der Waals surface area contributed by atoms with Crippen LogP contribution >= 0.6 is 11.3 Å². The fourth-order valence-electron chi connectivity index (χ4n) is 1.67. The number of benzene rings is 1. The third-order valence-corrected chi connectivity index (χ3v) is 3.56. The Bertz CT molecular complexity index is 638. The van der Waals surface area contributed by atoms with Gasteiger partial charge in [-0.1, -0.05) is 42.2 Å². The number of carbonyl (C=O) groups excluding carboxylic acids is 1. The van der Waals surface area contributed by atoms with E-state index < -0.39 is 6.09 Å². The van der Waals surface area contributed by atoms with Gasteiger partial charge >= 0.3 is 6.09 Å². The Morgan fingerprint density at radius 2 is 2.14 bits per heavy atom. The van der Waals surface area contributed by atoms with E-state index in [9.17, 15) is 4.79 Å². The highest BCUT2D eigenvalue weighted by molar-refractivity contribution is 7.10. The third-order valence-electron chi connectivity index (χ3n) is 2.70. The van der Waals surface area contributed by atoms with Gasteiger partial charge in [0, 0.05) is 28.8 Å². The second kappa shape index (κ2) is 8.13. The molecule has 1 heterocycles. The van der Waals surface area contributed by atoms with Crippen molar-refractivity contribution in [2.75, 3.05) is 6.54 Å². The molecule has 0 fully saturated rings. The Hall–Kier alpha value is -2.25. The Balaban J connectivity index is 1.62. The SMILES string of the molecule is Cc1cc(C#CCCNC(=O)OCc2ccccc2)cs1. The maximum absolute atomic E-state index is 11.5. The standard InChI is InChI=1S/C17H17NO2S/c1-14-11-16(13-21-14)9-5-6-10-18-17(19)20-12-15-7-3-2-4-8-15/h2-4,7-8,11,13H,6,10,12H2,1H3,(H,18,19). The largest absolute Gasteiger partial charge is 0.445 e. The van der Waals surface area contributed by atoms with Crippen molar-refractivity contribution in [3.8, 4) is 11.8 Å². The number of ether oxygens (including phenoxy) is 1. The quantitative estimate of drug-likeness (QED) is 0.690. The van der Waals surface area contributed by atoms with Crippen LogP contribution in [-0.4, -0.2) is 12.6 Å². The molecule has 0 radical (unpaired) electrons. The van der Waals surface area contributed by atoms with Crippen molar-refractivity contribution < 1.29 is 9.53 Å². The van der Waals surface area contributed by atoms with E-state index in [0.717, 1.165) is 11.1 Å². The summed E-state index contributed by atoms with van der Waals surface area (Å²) in [6, 6.07) is 11.6. The molecule has 0 aliphatic rings. The van der Waals surface area contributed by atoms with Crippen molar-refractivity contribution in [3.05, 3.63) is 57.8 Å². The number of hydrogen-bond donors (Lipinski definition) is 1. The number of thiophene rings is 1. The summed E-state index contributed by atoms with van der Waals surface area (Å²) in [4.78, 5) is 12.7. The summed E-state index contributed by atoms with van der Waals surface area (Å²) in [7, 11) is 0. The first-order valence-corrected chi connectivity index (χ1v) is 7.60. The summed E-state index contributed by atoms with van der Waals surface area (Å²) < 4.78 is 5.10. The molecule has 1 aromatic carbocycles. The molecule has 2 aromatic rings. The van der Waals surface area contributed by atoms with Gasteiger partial charge in [0.2, 0.25) is 0 Å². The average Bonchev–Trinajstić information content (AvgIpc) is 2.91. The highest BCUT2D eigenvalue weighted by Gasteiger charge is 2.00. The van der Waals surface area contributed by atoms with Gasteiger partial charge in [-0.3, -0.25) is 0 Å². The van der Waals surface area contributed by atoms with Gasteiger partial charge < -0.3 is 10.1 Å². The van der Waals surface area contributed by atoms with Crippen LogP contribution in [0.2, 0.25) is 0 Å². The van der Waals surface area contributed by atoms with Gasteiger partial charge in [0.15, 0.2) is 0 Å². The van der Waals surface area contributed by atoms with Crippen LogP contribution in [0.3, 0.4) is 0 Å². The molecule has 0 saturated carbocycles. The second-order valence-corrected chi connectivity index (χ2v) is 5.60. The summed E-state index contributed by atoms with van der Waals surface area (Å²) in [5.74, 6) is 6.10. The van der Waals surface area contributed by atoms with E-state index in [1.165, 1.54) is 4.88 Å². The van der Waals surface area contributed by atoms with Crippen LogP contribution < -0.4 is 5.32 Å². The van der Waals surface area contributed by atoms with Crippen LogP contribution in [0.5, 0.6) is 0 Å². The highest BCUT2D eigenvalue weighted by Crippen LogP contribution is 2.11. The van der Waals surface area contributed by atoms with Crippen LogP contribution in [0, 0.1) is 18.8 Å². The molecule has 108 valence electrons. The molecule has 4 heteroatoms. The van der Waals surface area contributed by atoms with Crippen LogP contribution in [0.15, 0.2) is 41.8 Å². The molecule has 0 aliphatic heterocycles. The van der Waals surface area contributed by atoms with Crippen LogP contribution in [0.4, 0.5) is 4.79 Å². The molecular weight excluding hydrogens is 282 g/mol. The first-order valence-electron chi connectivity index (χ1n) is 6.72. The van der Waals surface area contributed by atoms with Gasteiger partial charge in [0.05, 0.1) is 0 Å². The van der Waals surface area contributed by atoms with Gasteiger partial charge in [0.1, 0.15) is 6.61 Å². The fraction of sp³-hybridized carbons (Fsp3) is 0.235. The normalized spacial score (nSPS) is 9.57. The molecule has 0 unspecified atom stereocenters. The number of rotatable bonds is 4. The van der Waals surface area contributed by atoms with E-state index in [-0.39, 0.29) is 6.61 Å². The first kappa shape index (κ1) is 15.1. The van der Waals surface area contributed by atoms with Gasteiger partial charge in [0.25, 0.3) is 0 Å². The van der Waals surface area contributed by atoms with Crippen molar-refractivity contribution in [2.45, 2.75) is 20.0 Å². The lowest BCUT2D eigenvalue weighted by atomic mass is 10.2. The zero-order valence-electron chi connectivity index (χ0n) is 11.9. The average molecular weight is 299 g/mol. The van der Waals surface area contributed by atoms with Crippen LogP contribution in [0.25, 0.3) is 0 Å². The van der Waals surface area contributed by atoms with Crippen LogP contribution in [0.1, 0.15) is 22.4 Å². The number of hydrogen-bond acceptors (Lipinski definition) is 3. The number of aryl methyl sites for hydroxylation is 1. The van der Waals surface area contributed by atoms with E-state index in [0.29, 0.717) is 13.0 Å². The second-order valence-electron chi connectivity index (χ2n) is 4.49. The van der Waals surface area contributed by atoms with Gasteiger partial charge in [-0.15, -0.1) is 11.3 Å². The zero-order chi connectivity index (χ0) is 14.9. The summed E-state index contributed by atoms with van der Waals surface area (Å²) in [5.41, 5.74) is 2.00. The smallest absolute Gasteiger partial charge is 0.407 e. The van der Waals surface area contributed by atoms with Crippen molar-refractivity contribution in [1.82, 2.24) is 5.32 Å². The van der Waals surface area contributed by atoms with E-state index in [1.54, 1.807) is 11.3 Å². The molecule has 2 rings (SSSR count). The Kier molecular flexibility index (Phi) is 5.86. The lowest BCUT2D eigenvalue weighted by Gasteiger charge is -2.05. The Labute approximate surface area is 129 Å². The van der Waals surface area contributed by atoms with E-state index >= 15 is 0 Å². The summed E-state index contributed by atoms with van der Waals surface area (Å²) in [6.07, 6.45) is 0.196. The molecule has 1 N–H and O–H groups in total. The minimum atomic E-state index is -0.410. The molecule has 0 atom stereocenters. The Morgan fingerprint density at radius 3 is 2.86 bits per heavy atom. The van der Waals surface area contributed by atoms with E-state index in [4.69, 9.17) is 4.74 Å². The number of amides is 1. The molecule has 0 bridgehead atoms. The maximum Gasteiger partial charge on any atom is 0.407 e. The topological polar surface area (TPSA) is 38.3 Å². The lowest BCUT2D eigenvalue weighted by molar-refractivity contribution is 0.140. The number of alkyl carbamates (subject to hydrolysis) is 1. The molecule has 1 amide bonds. The fourth-order valence-corrected chi connectivity index (χ4v) is 2.31. The lowest BCUT2D eigenvalue weighted by Crippen LogP contribution is -2.24. The van der Waals surface area contributed by atoms with Gasteiger partial charge in [-0.25, -0.2) is 4.79 Å². The highest BCUT2D eigenvalue weighted by atomic mass is 32.1. The van der Waals surface area contributed by atoms with E-state index in [1.807, 2.05) is 35.7 Å². The van der Waals surface area contributed by atoms with Gasteiger partial charge in [-0.2, -0.15) is 0 Å². The monoisotopic (exact) mass is 299 g/mol. The summed E-state index contributed by atoms with van der Waals surface area (Å²) >= 11 is 1.69. The number of nitrogens with one attached hydrogen (secondary N) is 1. The summed E-state index contributed by atoms with van der Waals surface area (Å²) in [5, 5.41) is 4.71. The molecule has 21 heavy (non-hydrogen) atoms. The Morgan fingerprint density at radius 1 is 1.33 bits per heavy atom. The molecule has 3 nitrogen and oxygen atoms in total. The summed E-state index contributed by atoms with van der Waals surface area (Å²) in [6.45, 7) is 2.83. The van der Waals surface area contributed by atoms with Crippen molar-refractivity contribution >= 4 is 17.4 Å². The minimum absolute atomic E-state index is 0.284. The molecule has 1 aromatic heterocycles. The predicted molar refractivity (Wildman–Crippen MR) is 85.2 cm³/mol. The molecule has 0 aliphatic carbocycles. The molecule has 0 spiro atoms. The van der Waals surface area contributed by atoms with Gasteiger partial charge in [-0.05, 0) is 18.6 Å². The maximum atomic E-state index is 11.5. The molecule has 0 saturated heterocycles. The van der Waals surface area contributed by atoms with Crippen LogP contribution in [-0.2, 0) is 11.3 Å². The van der Waals surface area contributed by atoms with Crippen molar-refractivity contribution in [1.29, 1.82) is 0 Å². The van der Waals surface area contributed by atoms with E-state index in [2.05, 4.69) is 30.1 Å². The van der Waals surface area contributed by atoms with Crippen molar-refractivity contribution in [3.63, 3.8) is 0 Å². The first-order chi connectivity index (χ1) is 10.2. The molecular formula is C17H17NO2S. The number of carbonyl (C=O) groups is 1. The third kappa shape index (κ3) is 5.72. The van der Waals surface area contributed by atoms with Crippen molar-refractivity contribution in [2.24, 2.45) is 0 Å².